The van der Waals surface area contributed by atoms with E-state index in [4.69, 9.17) is 13.4 Å². The van der Waals surface area contributed by atoms with Crippen molar-refractivity contribution < 1.29 is 18.2 Å². The van der Waals surface area contributed by atoms with Crippen molar-refractivity contribution in [1.29, 1.82) is 0 Å². The first-order valence-electron chi connectivity index (χ1n) is 8.98. The number of hydrogen-bond acceptors (Lipinski definition) is 5. The van der Waals surface area contributed by atoms with Crippen molar-refractivity contribution in [2.75, 3.05) is 0 Å². The molecule has 0 saturated carbocycles. The zero-order chi connectivity index (χ0) is 19.5. The molecule has 1 aromatic carbocycles. The molecule has 0 radical (unpaired) electrons. The SMILES string of the molecule is Cc1ccc(-c2cc(C(=O)N(Cc3ccco3)Cc3ccco3)no2)cc1C. The third-order valence-corrected chi connectivity index (χ3v) is 4.66. The lowest BCUT2D eigenvalue weighted by atomic mass is 10.0. The smallest absolute Gasteiger partial charge is 0.276 e. The third kappa shape index (κ3) is 3.76. The largest absolute Gasteiger partial charge is 0.467 e. The maximum Gasteiger partial charge on any atom is 0.276 e. The second-order valence-corrected chi connectivity index (χ2v) is 6.70. The quantitative estimate of drug-likeness (QED) is 0.474. The number of aryl methyl sites for hydroxylation is 2. The molecule has 0 bridgehead atoms. The predicted octanol–water partition coefficient (Wildman–Crippen LogP) is 4.99. The van der Waals surface area contributed by atoms with Gasteiger partial charge >= 0.3 is 0 Å². The van der Waals surface area contributed by atoms with Crippen LogP contribution in [0.25, 0.3) is 11.3 Å². The van der Waals surface area contributed by atoms with Gasteiger partial charge in [-0.1, -0.05) is 17.3 Å². The van der Waals surface area contributed by atoms with E-state index in [1.807, 2.05) is 37.3 Å². The monoisotopic (exact) mass is 376 g/mol. The standard InChI is InChI=1S/C22H20N2O4/c1-15-7-8-17(11-16(15)2)21-12-20(23-28-21)22(25)24(13-18-5-3-9-26-18)14-19-6-4-10-27-19/h3-12H,13-14H2,1-2H3. The van der Waals surface area contributed by atoms with E-state index < -0.39 is 0 Å². The fraction of sp³-hybridized carbons (Fsp3) is 0.182. The molecule has 1 amide bonds. The summed E-state index contributed by atoms with van der Waals surface area (Å²) in [4.78, 5) is 14.7. The summed E-state index contributed by atoms with van der Waals surface area (Å²) in [5.74, 6) is 1.66. The van der Waals surface area contributed by atoms with E-state index in [-0.39, 0.29) is 11.6 Å². The number of benzene rings is 1. The molecule has 0 spiro atoms. The van der Waals surface area contributed by atoms with Crippen molar-refractivity contribution in [3.8, 4) is 11.3 Å². The average molecular weight is 376 g/mol. The molecule has 0 aliphatic heterocycles. The van der Waals surface area contributed by atoms with Crippen LogP contribution in [-0.2, 0) is 13.1 Å². The predicted molar refractivity (Wildman–Crippen MR) is 102 cm³/mol. The molecule has 4 rings (SSSR count). The van der Waals surface area contributed by atoms with Crippen molar-refractivity contribution in [2.45, 2.75) is 26.9 Å². The van der Waals surface area contributed by atoms with Gasteiger partial charge in [-0.2, -0.15) is 0 Å². The van der Waals surface area contributed by atoms with Crippen molar-refractivity contribution in [1.82, 2.24) is 10.1 Å². The number of rotatable bonds is 6. The molecule has 28 heavy (non-hydrogen) atoms. The van der Waals surface area contributed by atoms with Gasteiger partial charge in [0, 0.05) is 11.6 Å². The first-order chi connectivity index (χ1) is 13.6. The molecule has 0 fully saturated rings. The second kappa shape index (κ2) is 7.60. The molecule has 0 aliphatic carbocycles. The number of furan rings is 2. The lowest BCUT2D eigenvalue weighted by molar-refractivity contribution is 0.0694. The normalized spacial score (nSPS) is 10.9. The van der Waals surface area contributed by atoms with E-state index in [0.29, 0.717) is 30.4 Å². The highest BCUT2D eigenvalue weighted by molar-refractivity contribution is 5.93. The van der Waals surface area contributed by atoms with Crippen LogP contribution in [-0.4, -0.2) is 16.0 Å². The first kappa shape index (κ1) is 17.9. The van der Waals surface area contributed by atoms with Crippen LogP contribution < -0.4 is 0 Å². The summed E-state index contributed by atoms with van der Waals surface area (Å²) in [7, 11) is 0. The molecule has 6 nitrogen and oxygen atoms in total. The molecule has 0 atom stereocenters. The van der Waals surface area contributed by atoms with Crippen molar-refractivity contribution >= 4 is 5.91 Å². The Labute approximate surface area is 162 Å². The Morgan fingerprint density at radius 1 is 0.929 bits per heavy atom. The molecule has 3 heterocycles. The maximum atomic E-state index is 13.1. The lowest BCUT2D eigenvalue weighted by Crippen LogP contribution is -2.30. The molecule has 0 saturated heterocycles. The Hall–Kier alpha value is -3.54. The van der Waals surface area contributed by atoms with E-state index in [1.165, 1.54) is 5.56 Å². The van der Waals surface area contributed by atoms with Gasteiger partial charge in [0.2, 0.25) is 0 Å². The summed E-state index contributed by atoms with van der Waals surface area (Å²) in [5.41, 5.74) is 3.48. The second-order valence-electron chi connectivity index (χ2n) is 6.70. The fourth-order valence-electron chi connectivity index (χ4n) is 2.95. The molecule has 0 N–H and O–H groups in total. The van der Waals surface area contributed by atoms with E-state index in [0.717, 1.165) is 11.1 Å². The Morgan fingerprint density at radius 3 is 2.18 bits per heavy atom. The number of hydrogen-bond donors (Lipinski definition) is 0. The average Bonchev–Trinajstić information content (AvgIpc) is 3.45. The Balaban J connectivity index is 1.59. The van der Waals surface area contributed by atoms with Gasteiger partial charge < -0.3 is 18.3 Å². The molecule has 142 valence electrons. The molecule has 3 aromatic heterocycles. The summed E-state index contributed by atoms with van der Waals surface area (Å²) in [5, 5.41) is 4.00. The van der Waals surface area contributed by atoms with Crippen molar-refractivity contribution in [3.63, 3.8) is 0 Å². The summed E-state index contributed by atoms with van der Waals surface area (Å²) in [6.07, 6.45) is 3.16. The van der Waals surface area contributed by atoms with E-state index in [9.17, 15) is 4.79 Å². The van der Waals surface area contributed by atoms with Gasteiger partial charge in [0.1, 0.15) is 11.5 Å². The number of aromatic nitrogens is 1. The van der Waals surface area contributed by atoms with Crippen LogP contribution in [0.15, 0.2) is 74.4 Å². The molecule has 0 unspecified atom stereocenters. The zero-order valence-electron chi connectivity index (χ0n) is 15.7. The molecule has 6 heteroatoms. The van der Waals surface area contributed by atoms with Gasteiger partial charge in [0.05, 0.1) is 25.6 Å². The third-order valence-electron chi connectivity index (χ3n) is 4.66. The molecule has 4 aromatic rings. The lowest BCUT2D eigenvalue weighted by Gasteiger charge is -2.19. The number of nitrogens with zero attached hydrogens (tertiary/aromatic N) is 2. The molecular weight excluding hydrogens is 356 g/mol. The highest BCUT2D eigenvalue weighted by Crippen LogP contribution is 2.24. The summed E-state index contributed by atoms with van der Waals surface area (Å²) < 4.78 is 16.2. The summed E-state index contributed by atoms with van der Waals surface area (Å²) in [6.45, 7) is 4.70. The van der Waals surface area contributed by atoms with Crippen LogP contribution >= 0.6 is 0 Å². The molecular formula is C22H20N2O4. The van der Waals surface area contributed by atoms with E-state index >= 15 is 0 Å². The van der Waals surface area contributed by atoms with Crippen molar-refractivity contribution in [3.05, 3.63) is 89.4 Å². The topological polar surface area (TPSA) is 72.6 Å². The van der Waals surface area contributed by atoms with Gasteiger partial charge in [-0.15, -0.1) is 0 Å². The maximum absolute atomic E-state index is 13.1. The van der Waals surface area contributed by atoms with Crippen LogP contribution in [0.4, 0.5) is 0 Å². The molecule has 0 aliphatic rings. The highest BCUT2D eigenvalue weighted by Gasteiger charge is 2.23. The minimum Gasteiger partial charge on any atom is -0.467 e. The number of amides is 1. The van der Waals surface area contributed by atoms with Crippen LogP contribution in [0.3, 0.4) is 0 Å². The fourth-order valence-corrected chi connectivity index (χ4v) is 2.95. The minimum absolute atomic E-state index is 0.242. The van der Waals surface area contributed by atoms with Crippen LogP contribution in [0.5, 0.6) is 0 Å². The van der Waals surface area contributed by atoms with Crippen LogP contribution in [0, 0.1) is 13.8 Å². The Morgan fingerprint density at radius 2 is 1.61 bits per heavy atom. The highest BCUT2D eigenvalue weighted by atomic mass is 16.5. The zero-order valence-corrected chi connectivity index (χ0v) is 15.7. The van der Waals surface area contributed by atoms with E-state index in [2.05, 4.69) is 12.1 Å². The minimum atomic E-state index is -0.258. The van der Waals surface area contributed by atoms with Gasteiger partial charge in [-0.3, -0.25) is 4.79 Å². The van der Waals surface area contributed by atoms with Gasteiger partial charge in [-0.25, -0.2) is 0 Å². The first-order valence-corrected chi connectivity index (χ1v) is 8.98. The Kier molecular flexibility index (Phi) is 4.85. The summed E-state index contributed by atoms with van der Waals surface area (Å²) >= 11 is 0. The van der Waals surface area contributed by atoms with Crippen molar-refractivity contribution in [2.24, 2.45) is 0 Å². The van der Waals surface area contributed by atoms with Gasteiger partial charge in [0.15, 0.2) is 11.5 Å². The Bertz CT molecular complexity index is 1030. The van der Waals surface area contributed by atoms with Crippen LogP contribution in [0.2, 0.25) is 0 Å². The van der Waals surface area contributed by atoms with Crippen LogP contribution in [0.1, 0.15) is 33.1 Å². The van der Waals surface area contributed by atoms with Gasteiger partial charge in [-0.05, 0) is 55.3 Å². The number of carbonyl (C=O) groups is 1. The van der Waals surface area contributed by atoms with E-state index in [1.54, 1.807) is 35.6 Å². The summed E-state index contributed by atoms with van der Waals surface area (Å²) in [6, 6.07) is 14.9. The van der Waals surface area contributed by atoms with Gasteiger partial charge in [0.25, 0.3) is 5.91 Å². The number of carbonyl (C=O) groups excluding carboxylic acids is 1.